The minimum Gasteiger partial charge on any atom is -0.423 e. The summed E-state index contributed by atoms with van der Waals surface area (Å²) in [6.07, 6.45) is -1.50. The van der Waals surface area contributed by atoms with Gasteiger partial charge in [0.1, 0.15) is 12.1 Å². The van der Waals surface area contributed by atoms with Crippen molar-refractivity contribution in [3.63, 3.8) is 0 Å². The first-order valence-corrected chi connectivity index (χ1v) is 10.3. The summed E-state index contributed by atoms with van der Waals surface area (Å²) < 4.78 is 46.6. The van der Waals surface area contributed by atoms with Gasteiger partial charge in [-0.25, -0.2) is 4.79 Å². The van der Waals surface area contributed by atoms with Crippen LogP contribution in [0, 0.1) is 0 Å². The molecule has 6 nitrogen and oxygen atoms in total. The molecular weight excluding hydrogens is 485 g/mol. The SMILES string of the molecule is O=c1cc(CSc2nnc(-c3ccncc3)n2CC(F)(F)F)c2ccc(Br)cc2o1. The van der Waals surface area contributed by atoms with Crippen LogP contribution in [0.15, 0.2) is 67.6 Å². The Balaban J connectivity index is 1.70. The van der Waals surface area contributed by atoms with Gasteiger partial charge in [-0.05, 0) is 35.9 Å². The van der Waals surface area contributed by atoms with Crippen LogP contribution in [0.4, 0.5) is 13.2 Å². The predicted molar refractivity (Wildman–Crippen MR) is 109 cm³/mol. The summed E-state index contributed by atoms with van der Waals surface area (Å²) in [7, 11) is 0. The number of rotatable bonds is 5. The van der Waals surface area contributed by atoms with Gasteiger partial charge in [0.15, 0.2) is 11.0 Å². The molecule has 11 heteroatoms. The Morgan fingerprint density at radius 3 is 2.60 bits per heavy atom. The first kappa shape index (κ1) is 20.6. The summed E-state index contributed by atoms with van der Waals surface area (Å²) in [4.78, 5) is 15.8. The largest absolute Gasteiger partial charge is 0.423 e. The molecule has 0 N–H and O–H groups in total. The second kappa shape index (κ2) is 8.23. The second-order valence-corrected chi connectivity index (χ2v) is 8.12. The van der Waals surface area contributed by atoms with Crippen molar-refractivity contribution in [2.45, 2.75) is 23.6 Å². The van der Waals surface area contributed by atoms with Gasteiger partial charge in [0.25, 0.3) is 0 Å². The lowest BCUT2D eigenvalue weighted by Gasteiger charge is -2.13. The third-order valence-corrected chi connectivity index (χ3v) is 5.65. The normalized spacial score (nSPS) is 11.9. The maximum absolute atomic E-state index is 13.2. The van der Waals surface area contributed by atoms with Gasteiger partial charge in [-0.1, -0.05) is 27.7 Å². The molecule has 154 valence electrons. The highest BCUT2D eigenvalue weighted by Gasteiger charge is 2.31. The molecule has 0 fully saturated rings. The van der Waals surface area contributed by atoms with Crippen molar-refractivity contribution in [2.24, 2.45) is 0 Å². The highest BCUT2D eigenvalue weighted by Crippen LogP contribution is 2.31. The highest BCUT2D eigenvalue weighted by molar-refractivity contribution is 9.10. The van der Waals surface area contributed by atoms with Crippen LogP contribution in [0.5, 0.6) is 0 Å². The molecule has 1 aromatic carbocycles. The van der Waals surface area contributed by atoms with E-state index in [1.807, 2.05) is 0 Å². The fourth-order valence-corrected chi connectivity index (χ4v) is 4.17. The highest BCUT2D eigenvalue weighted by atomic mass is 79.9. The van der Waals surface area contributed by atoms with E-state index in [-0.39, 0.29) is 16.7 Å². The van der Waals surface area contributed by atoms with Crippen molar-refractivity contribution in [3.8, 4) is 11.4 Å². The van der Waals surface area contributed by atoms with Crippen molar-refractivity contribution in [2.75, 3.05) is 0 Å². The van der Waals surface area contributed by atoms with E-state index in [2.05, 4.69) is 31.1 Å². The first-order valence-electron chi connectivity index (χ1n) is 8.55. The molecule has 0 aliphatic heterocycles. The Kier molecular flexibility index (Phi) is 5.65. The lowest BCUT2D eigenvalue weighted by Crippen LogP contribution is -2.19. The topological polar surface area (TPSA) is 73.8 Å². The molecular formula is C19H12BrF3N4O2S. The third-order valence-electron chi connectivity index (χ3n) is 4.14. The molecule has 0 amide bonds. The minimum atomic E-state index is -4.45. The summed E-state index contributed by atoms with van der Waals surface area (Å²) >= 11 is 4.39. The van der Waals surface area contributed by atoms with Crippen LogP contribution in [0.25, 0.3) is 22.4 Å². The van der Waals surface area contributed by atoms with E-state index in [9.17, 15) is 18.0 Å². The summed E-state index contributed by atoms with van der Waals surface area (Å²) in [5, 5.41) is 8.70. The van der Waals surface area contributed by atoms with Gasteiger partial charge in [-0.3, -0.25) is 9.55 Å². The van der Waals surface area contributed by atoms with Crippen molar-refractivity contribution < 1.29 is 17.6 Å². The molecule has 0 unspecified atom stereocenters. The number of nitrogens with zero attached hydrogens (tertiary/aromatic N) is 4. The van der Waals surface area contributed by atoms with Gasteiger partial charge in [0.05, 0.1) is 0 Å². The molecule has 0 saturated carbocycles. The molecule has 0 aliphatic rings. The van der Waals surface area contributed by atoms with Crippen molar-refractivity contribution >= 4 is 38.7 Å². The molecule has 3 aromatic heterocycles. The zero-order valence-electron chi connectivity index (χ0n) is 15.1. The van der Waals surface area contributed by atoms with E-state index in [4.69, 9.17) is 4.42 Å². The molecule has 4 aromatic rings. The molecule has 0 aliphatic carbocycles. The Labute approximate surface area is 180 Å². The molecule has 0 spiro atoms. The number of alkyl halides is 3. The van der Waals surface area contributed by atoms with Gasteiger partial charge in [-0.15, -0.1) is 10.2 Å². The number of benzene rings is 1. The van der Waals surface area contributed by atoms with Gasteiger partial charge >= 0.3 is 11.8 Å². The van der Waals surface area contributed by atoms with E-state index in [1.54, 1.807) is 30.3 Å². The molecule has 3 heterocycles. The van der Waals surface area contributed by atoms with Crippen LogP contribution >= 0.6 is 27.7 Å². The van der Waals surface area contributed by atoms with Crippen molar-refractivity contribution in [3.05, 3.63) is 69.2 Å². The Morgan fingerprint density at radius 1 is 1.10 bits per heavy atom. The fourth-order valence-electron chi connectivity index (χ4n) is 2.90. The maximum Gasteiger partial charge on any atom is 0.406 e. The monoisotopic (exact) mass is 496 g/mol. The van der Waals surface area contributed by atoms with Crippen molar-refractivity contribution in [1.82, 2.24) is 19.7 Å². The van der Waals surface area contributed by atoms with Gasteiger partial charge in [0.2, 0.25) is 0 Å². The number of aromatic nitrogens is 4. The quantitative estimate of drug-likeness (QED) is 0.284. The molecule has 0 atom stereocenters. The number of halogens is 4. The van der Waals surface area contributed by atoms with E-state index >= 15 is 0 Å². The van der Waals surface area contributed by atoms with E-state index in [1.165, 1.54) is 18.5 Å². The van der Waals surface area contributed by atoms with Gasteiger partial charge in [0, 0.05) is 39.6 Å². The number of thioether (sulfide) groups is 1. The summed E-state index contributed by atoms with van der Waals surface area (Å²) in [5.74, 6) is 0.314. The van der Waals surface area contributed by atoms with Crippen LogP contribution in [0.3, 0.4) is 0 Å². The number of hydrogen-bond acceptors (Lipinski definition) is 6. The summed E-state index contributed by atoms with van der Waals surface area (Å²) in [6, 6.07) is 9.71. The number of fused-ring (bicyclic) bond motifs is 1. The Morgan fingerprint density at radius 2 is 1.87 bits per heavy atom. The van der Waals surface area contributed by atoms with E-state index in [0.717, 1.165) is 20.8 Å². The van der Waals surface area contributed by atoms with Crippen LogP contribution in [0.2, 0.25) is 0 Å². The molecule has 0 radical (unpaired) electrons. The first-order chi connectivity index (χ1) is 14.3. The van der Waals surface area contributed by atoms with Crippen LogP contribution < -0.4 is 5.63 Å². The van der Waals surface area contributed by atoms with Gasteiger partial charge < -0.3 is 4.42 Å². The number of pyridine rings is 1. The summed E-state index contributed by atoms with van der Waals surface area (Å²) in [5.41, 5.74) is 0.960. The lowest BCUT2D eigenvalue weighted by atomic mass is 10.1. The number of hydrogen-bond donors (Lipinski definition) is 0. The third kappa shape index (κ3) is 4.57. The van der Waals surface area contributed by atoms with E-state index in [0.29, 0.717) is 22.1 Å². The minimum absolute atomic E-state index is 0.0950. The zero-order valence-corrected chi connectivity index (χ0v) is 17.5. The molecule has 0 bridgehead atoms. The van der Waals surface area contributed by atoms with Crippen molar-refractivity contribution in [1.29, 1.82) is 0 Å². The molecule has 4 rings (SSSR count). The Hall–Kier alpha value is -2.66. The zero-order chi connectivity index (χ0) is 21.3. The van der Waals surface area contributed by atoms with Crippen LogP contribution in [0.1, 0.15) is 5.56 Å². The average molecular weight is 497 g/mol. The van der Waals surface area contributed by atoms with Crippen LogP contribution in [-0.4, -0.2) is 25.9 Å². The molecule has 30 heavy (non-hydrogen) atoms. The van der Waals surface area contributed by atoms with Crippen LogP contribution in [-0.2, 0) is 12.3 Å². The smallest absolute Gasteiger partial charge is 0.406 e. The average Bonchev–Trinajstić information content (AvgIpc) is 3.07. The lowest BCUT2D eigenvalue weighted by molar-refractivity contribution is -0.141. The summed E-state index contributed by atoms with van der Waals surface area (Å²) in [6.45, 7) is -1.23. The Bertz CT molecular complexity index is 1260. The second-order valence-electron chi connectivity index (χ2n) is 6.26. The fraction of sp³-hybridized carbons (Fsp3) is 0.158. The standard InChI is InChI=1S/C19H12BrF3N4O2S/c20-13-1-2-14-12(7-16(28)29-15(14)8-13)9-30-18-26-25-17(11-3-5-24-6-4-11)27(18)10-19(21,22)23/h1-8H,9-10H2. The maximum atomic E-state index is 13.2. The van der Waals surface area contributed by atoms with E-state index < -0.39 is 18.3 Å². The van der Waals surface area contributed by atoms with Gasteiger partial charge in [-0.2, -0.15) is 13.2 Å². The molecule has 0 saturated heterocycles. The predicted octanol–water partition coefficient (Wildman–Crippen LogP) is 5.06.